The maximum Gasteiger partial charge on any atom is 0.0540 e. The van der Waals surface area contributed by atoms with Crippen molar-refractivity contribution in [3.05, 3.63) is 249 Å². The van der Waals surface area contributed by atoms with Crippen molar-refractivity contribution < 1.29 is 0 Å². The lowest BCUT2D eigenvalue weighted by Crippen LogP contribution is -2.10. The molecule has 13 rings (SSSR count). The zero-order valence-corrected chi connectivity index (χ0v) is 38.1. The Morgan fingerprint density at radius 3 is 1.21 bits per heavy atom. The van der Waals surface area contributed by atoms with Gasteiger partial charge >= 0.3 is 0 Å². The highest BCUT2D eigenvalue weighted by Crippen LogP contribution is 2.46. The van der Waals surface area contributed by atoms with Crippen molar-refractivity contribution in [1.82, 2.24) is 0 Å². The summed E-state index contributed by atoms with van der Waals surface area (Å²) in [6.07, 6.45) is 0. The molecule has 0 saturated heterocycles. The molecule has 0 atom stereocenters. The van der Waals surface area contributed by atoms with Crippen LogP contribution in [0.5, 0.6) is 0 Å². The zero-order chi connectivity index (χ0) is 44.3. The van der Waals surface area contributed by atoms with Crippen molar-refractivity contribution in [2.75, 3.05) is 4.90 Å². The van der Waals surface area contributed by atoms with Gasteiger partial charge in [-0.3, -0.25) is 0 Å². The lowest BCUT2D eigenvalue weighted by molar-refractivity contribution is 1.30. The Morgan fingerprint density at radius 2 is 0.657 bits per heavy atom. The van der Waals surface area contributed by atoms with E-state index in [0.29, 0.717) is 0 Å². The molecule has 0 aliphatic carbocycles. The normalized spacial score (nSPS) is 11.6. The molecular formula is C64H41NS2. The second-order valence-corrected chi connectivity index (χ2v) is 19.3. The molecule has 0 unspecified atom stereocenters. The van der Waals surface area contributed by atoms with Crippen molar-refractivity contribution >= 4 is 90.9 Å². The van der Waals surface area contributed by atoms with Gasteiger partial charge in [-0.2, -0.15) is 0 Å². The maximum atomic E-state index is 2.44. The summed E-state index contributed by atoms with van der Waals surface area (Å²) in [5, 5.41) is 7.65. The molecule has 0 saturated carbocycles. The van der Waals surface area contributed by atoms with E-state index in [9.17, 15) is 0 Å². The monoisotopic (exact) mass is 887 g/mol. The van der Waals surface area contributed by atoms with Crippen molar-refractivity contribution in [1.29, 1.82) is 0 Å². The summed E-state index contributed by atoms with van der Waals surface area (Å²) in [5.74, 6) is 0. The Morgan fingerprint density at radius 1 is 0.239 bits per heavy atom. The lowest BCUT2D eigenvalue weighted by Gasteiger charge is -2.28. The summed E-state index contributed by atoms with van der Waals surface area (Å²) in [6, 6.07) is 91.3. The number of rotatable bonds is 8. The van der Waals surface area contributed by atoms with E-state index < -0.39 is 0 Å². The van der Waals surface area contributed by atoms with E-state index in [4.69, 9.17) is 0 Å². The van der Waals surface area contributed by atoms with Gasteiger partial charge in [0.2, 0.25) is 0 Å². The summed E-state index contributed by atoms with van der Waals surface area (Å²) in [5.41, 5.74) is 15.5. The van der Waals surface area contributed by atoms with Gasteiger partial charge < -0.3 is 4.90 Å². The molecule has 67 heavy (non-hydrogen) atoms. The number of thiophene rings is 2. The predicted octanol–water partition coefficient (Wildman–Crippen LogP) is 19.4. The Hall–Kier alpha value is -8.08. The van der Waals surface area contributed by atoms with Crippen LogP contribution in [0, 0.1) is 0 Å². The molecule has 0 radical (unpaired) electrons. The zero-order valence-electron chi connectivity index (χ0n) is 36.4. The van der Waals surface area contributed by atoms with E-state index in [2.05, 4.69) is 254 Å². The van der Waals surface area contributed by atoms with E-state index in [-0.39, 0.29) is 0 Å². The van der Waals surface area contributed by atoms with Gasteiger partial charge in [-0.1, -0.05) is 200 Å². The minimum atomic E-state index is 1.10. The second-order valence-electron chi connectivity index (χ2n) is 17.2. The van der Waals surface area contributed by atoms with Crippen LogP contribution in [0.3, 0.4) is 0 Å². The van der Waals surface area contributed by atoms with Crippen molar-refractivity contribution in [3.63, 3.8) is 0 Å². The van der Waals surface area contributed by atoms with E-state index in [1.165, 1.54) is 107 Å². The molecule has 0 bridgehead atoms. The van der Waals surface area contributed by atoms with Gasteiger partial charge in [0.25, 0.3) is 0 Å². The topological polar surface area (TPSA) is 3.24 Å². The number of nitrogens with zero attached hydrogens (tertiary/aromatic N) is 1. The summed E-state index contributed by atoms with van der Waals surface area (Å²) < 4.78 is 5.29. The van der Waals surface area contributed by atoms with E-state index in [0.717, 1.165) is 17.1 Å². The minimum Gasteiger partial charge on any atom is -0.310 e. The highest BCUT2D eigenvalue weighted by molar-refractivity contribution is 7.26. The molecule has 2 heterocycles. The molecule has 0 spiro atoms. The van der Waals surface area contributed by atoms with Crippen LogP contribution in [0.4, 0.5) is 17.1 Å². The lowest BCUT2D eigenvalue weighted by atomic mass is 9.89. The largest absolute Gasteiger partial charge is 0.310 e. The van der Waals surface area contributed by atoms with Crippen molar-refractivity contribution in [3.8, 4) is 55.6 Å². The summed E-state index contributed by atoms with van der Waals surface area (Å²) in [6.45, 7) is 0. The van der Waals surface area contributed by atoms with Crippen LogP contribution < -0.4 is 4.90 Å². The Balaban J connectivity index is 0.958. The highest BCUT2D eigenvalue weighted by Gasteiger charge is 2.20. The molecule has 2 aromatic heterocycles. The van der Waals surface area contributed by atoms with Crippen molar-refractivity contribution in [2.45, 2.75) is 0 Å². The van der Waals surface area contributed by atoms with Crippen LogP contribution in [0.2, 0.25) is 0 Å². The third kappa shape index (κ3) is 6.82. The van der Waals surface area contributed by atoms with Crippen LogP contribution in [0.1, 0.15) is 0 Å². The Kier molecular flexibility index (Phi) is 9.63. The van der Waals surface area contributed by atoms with Gasteiger partial charge in [0, 0.05) is 57.1 Å². The third-order valence-electron chi connectivity index (χ3n) is 13.3. The fourth-order valence-electron chi connectivity index (χ4n) is 10.1. The first kappa shape index (κ1) is 39.3. The van der Waals surface area contributed by atoms with Crippen LogP contribution >= 0.6 is 22.7 Å². The fraction of sp³-hybridized carbons (Fsp3) is 0. The van der Waals surface area contributed by atoms with Gasteiger partial charge in [0.15, 0.2) is 0 Å². The first-order valence-electron chi connectivity index (χ1n) is 22.8. The molecule has 0 amide bonds. The first-order chi connectivity index (χ1) is 33.2. The molecule has 13 aromatic rings. The maximum absolute atomic E-state index is 2.44. The molecule has 3 heteroatoms. The second kappa shape index (κ2) is 16.4. The quantitative estimate of drug-likeness (QED) is 0.147. The van der Waals surface area contributed by atoms with Gasteiger partial charge in [-0.05, 0) is 110 Å². The van der Waals surface area contributed by atoms with E-state index >= 15 is 0 Å². The predicted molar refractivity (Wildman–Crippen MR) is 292 cm³/mol. The SMILES string of the molecule is c1ccc(-c2ccc(-c3ccc(N(c4ccc(-c5cccc6c5sc5ccccc56)cc4)c4ccc(-c5cccc6c5sc5ccccc56)cc4)c4ccccc34)cc2-c2ccccc2)cc1. The fourth-order valence-corrected chi connectivity index (χ4v) is 12.6. The standard InChI is InChI=1S/C64H41NS2/c1-3-15-42(16-4-1)49-38-33-46(41-59(49)43-17-5-2-6-18-43)50-39-40-60(54-20-8-7-19-53(50)54)65(47-34-29-44(30-35-47)51-23-13-25-57-55-21-9-11-27-61(55)66-63(51)57)48-36-31-45(32-37-48)52-24-14-26-58-56-22-10-12-28-62(56)67-64(52)58/h1-41H. The van der Waals surface area contributed by atoms with Gasteiger partial charge in [0.1, 0.15) is 0 Å². The Labute approximate surface area is 397 Å². The third-order valence-corrected chi connectivity index (χ3v) is 15.8. The molecule has 0 fully saturated rings. The molecule has 0 aliphatic heterocycles. The van der Waals surface area contributed by atoms with E-state index in [1.54, 1.807) is 0 Å². The molecule has 1 nitrogen and oxygen atoms in total. The van der Waals surface area contributed by atoms with Crippen LogP contribution in [0.25, 0.3) is 107 Å². The molecule has 314 valence electrons. The van der Waals surface area contributed by atoms with Gasteiger partial charge in [0.05, 0.1) is 5.69 Å². The summed E-state index contributed by atoms with van der Waals surface area (Å²) >= 11 is 3.76. The first-order valence-corrected chi connectivity index (χ1v) is 24.5. The average molecular weight is 888 g/mol. The van der Waals surface area contributed by atoms with Gasteiger partial charge in [-0.25, -0.2) is 0 Å². The minimum absolute atomic E-state index is 1.10. The van der Waals surface area contributed by atoms with E-state index in [1.807, 2.05) is 22.7 Å². The van der Waals surface area contributed by atoms with Crippen LogP contribution in [-0.4, -0.2) is 0 Å². The number of benzene rings is 11. The smallest absolute Gasteiger partial charge is 0.0540 e. The number of fused-ring (bicyclic) bond motifs is 7. The van der Waals surface area contributed by atoms with Crippen LogP contribution in [0.15, 0.2) is 249 Å². The highest BCUT2D eigenvalue weighted by atomic mass is 32.1. The van der Waals surface area contributed by atoms with Crippen LogP contribution in [-0.2, 0) is 0 Å². The Bertz CT molecular complexity index is 3800. The molecule has 0 aliphatic rings. The molecule has 0 N–H and O–H groups in total. The summed E-state index contributed by atoms with van der Waals surface area (Å²) in [4.78, 5) is 2.44. The average Bonchev–Trinajstić information content (AvgIpc) is 3.99. The number of hydrogen-bond acceptors (Lipinski definition) is 3. The van der Waals surface area contributed by atoms with Gasteiger partial charge in [-0.15, -0.1) is 22.7 Å². The van der Waals surface area contributed by atoms with Crippen molar-refractivity contribution in [2.24, 2.45) is 0 Å². The molecular weight excluding hydrogens is 847 g/mol. The number of hydrogen-bond donors (Lipinski definition) is 0. The molecule has 11 aromatic carbocycles. The summed E-state index contributed by atoms with van der Waals surface area (Å²) in [7, 11) is 0. The number of anilines is 3.